The summed E-state index contributed by atoms with van der Waals surface area (Å²) in [5.74, 6) is -1.000. The van der Waals surface area contributed by atoms with Crippen molar-refractivity contribution in [2.75, 3.05) is 5.73 Å². The van der Waals surface area contributed by atoms with Gasteiger partial charge < -0.3 is 5.73 Å². The van der Waals surface area contributed by atoms with Gasteiger partial charge in [-0.2, -0.15) is 0 Å². The highest BCUT2D eigenvalue weighted by Gasteiger charge is 2.49. The molecule has 3 rings (SSSR count). The van der Waals surface area contributed by atoms with Gasteiger partial charge in [-0.15, -0.1) is 0 Å². The van der Waals surface area contributed by atoms with Gasteiger partial charge in [0.2, 0.25) is 11.8 Å². The highest BCUT2D eigenvalue weighted by molar-refractivity contribution is 6.05. The molecule has 1 heterocycles. The maximum absolute atomic E-state index is 13.2. The smallest absolute Gasteiger partial charge is 0.233 e. The van der Waals surface area contributed by atoms with Crippen molar-refractivity contribution < 1.29 is 14.0 Å². The predicted octanol–water partition coefficient (Wildman–Crippen LogP) is 1.69. The number of hydrogen-bond acceptors (Lipinski definition) is 3. The standard InChI is InChI=1S/C14H15FN2O2/c15-9-4-5-12(16)8(6-9)7-17-13(18)10-2-1-3-11(10)14(17)19/h4-6,10-11H,1-3,7,16H2. The van der Waals surface area contributed by atoms with Gasteiger partial charge in [-0.3, -0.25) is 14.5 Å². The van der Waals surface area contributed by atoms with Gasteiger partial charge >= 0.3 is 0 Å². The van der Waals surface area contributed by atoms with E-state index in [1.807, 2.05) is 0 Å². The summed E-state index contributed by atoms with van der Waals surface area (Å²) in [6.07, 6.45) is 2.50. The lowest BCUT2D eigenvalue weighted by Crippen LogP contribution is -2.31. The lowest BCUT2D eigenvalue weighted by molar-refractivity contribution is -0.141. The SMILES string of the molecule is Nc1ccc(F)cc1CN1C(=O)C2CCCC2C1=O. The molecular weight excluding hydrogens is 247 g/mol. The number of rotatable bonds is 2. The van der Waals surface area contributed by atoms with E-state index in [0.29, 0.717) is 11.3 Å². The van der Waals surface area contributed by atoms with Crippen LogP contribution in [-0.2, 0) is 16.1 Å². The largest absolute Gasteiger partial charge is 0.398 e. The zero-order valence-corrected chi connectivity index (χ0v) is 10.4. The van der Waals surface area contributed by atoms with Crippen LogP contribution in [0.1, 0.15) is 24.8 Å². The van der Waals surface area contributed by atoms with E-state index in [1.54, 1.807) is 0 Å². The van der Waals surface area contributed by atoms with Crippen LogP contribution in [0.5, 0.6) is 0 Å². The molecule has 0 bridgehead atoms. The van der Waals surface area contributed by atoms with Crippen molar-refractivity contribution in [3.05, 3.63) is 29.6 Å². The molecule has 5 heteroatoms. The van der Waals surface area contributed by atoms with E-state index >= 15 is 0 Å². The molecule has 2 aliphatic rings. The van der Waals surface area contributed by atoms with Crippen LogP contribution in [0, 0.1) is 17.7 Å². The Morgan fingerprint density at radius 1 is 1.21 bits per heavy atom. The lowest BCUT2D eigenvalue weighted by Gasteiger charge is -2.17. The highest BCUT2D eigenvalue weighted by Crippen LogP contribution is 2.40. The van der Waals surface area contributed by atoms with Crippen molar-refractivity contribution >= 4 is 17.5 Å². The van der Waals surface area contributed by atoms with Crippen LogP contribution in [-0.4, -0.2) is 16.7 Å². The van der Waals surface area contributed by atoms with E-state index in [-0.39, 0.29) is 30.2 Å². The van der Waals surface area contributed by atoms with Gasteiger partial charge in [0, 0.05) is 5.69 Å². The van der Waals surface area contributed by atoms with Crippen LogP contribution in [0.25, 0.3) is 0 Å². The number of carbonyl (C=O) groups is 2. The lowest BCUT2D eigenvalue weighted by atomic mass is 10.00. The average molecular weight is 262 g/mol. The molecule has 2 amide bonds. The summed E-state index contributed by atoms with van der Waals surface area (Å²) in [7, 11) is 0. The van der Waals surface area contributed by atoms with Crippen LogP contribution in [0.3, 0.4) is 0 Å². The molecular formula is C14H15FN2O2. The third-order valence-electron chi connectivity index (χ3n) is 4.12. The molecule has 0 spiro atoms. The first-order valence-corrected chi connectivity index (χ1v) is 6.47. The van der Waals surface area contributed by atoms with Gasteiger partial charge in [-0.25, -0.2) is 4.39 Å². The number of nitrogens with zero attached hydrogens (tertiary/aromatic N) is 1. The number of fused-ring (bicyclic) bond motifs is 1. The maximum Gasteiger partial charge on any atom is 0.233 e. The van der Waals surface area contributed by atoms with Gasteiger partial charge in [0.05, 0.1) is 18.4 Å². The van der Waals surface area contributed by atoms with Gasteiger partial charge in [0.1, 0.15) is 5.82 Å². The second-order valence-electron chi connectivity index (χ2n) is 5.25. The van der Waals surface area contributed by atoms with E-state index in [9.17, 15) is 14.0 Å². The number of amides is 2. The third-order valence-corrected chi connectivity index (χ3v) is 4.12. The molecule has 4 nitrogen and oxygen atoms in total. The molecule has 1 aliphatic carbocycles. The summed E-state index contributed by atoms with van der Waals surface area (Å²) in [6, 6.07) is 4.00. The summed E-state index contributed by atoms with van der Waals surface area (Å²) in [4.78, 5) is 25.6. The number of halogens is 1. The third kappa shape index (κ3) is 1.89. The van der Waals surface area contributed by atoms with Crippen molar-refractivity contribution in [1.82, 2.24) is 4.90 Å². The molecule has 0 radical (unpaired) electrons. The van der Waals surface area contributed by atoms with E-state index in [1.165, 1.54) is 23.1 Å². The minimum absolute atomic E-state index is 0.0776. The van der Waals surface area contributed by atoms with Gasteiger partial charge in [-0.1, -0.05) is 6.42 Å². The van der Waals surface area contributed by atoms with E-state index < -0.39 is 5.82 Å². The minimum atomic E-state index is -0.413. The Labute approximate surface area is 110 Å². The Morgan fingerprint density at radius 2 is 1.84 bits per heavy atom. The number of nitrogens with two attached hydrogens (primary N) is 1. The number of anilines is 1. The fourth-order valence-electron chi connectivity index (χ4n) is 3.10. The monoisotopic (exact) mass is 262 g/mol. The van der Waals surface area contributed by atoms with Gasteiger partial charge in [-0.05, 0) is 36.6 Å². The average Bonchev–Trinajstić information content (AvgIpc) is 2.94. The fraction of sp³-hybridized carbons (Fsp3) is 0.429. The van der Waals surface area contributed by atoms with Crippen LogP contribution in [0.4, 0.5) is 10.1 Å². The van der Waals surface area contributed by atoms with Crippen LogP contribution in [0.2, 0.25) is 0 Å². The normalized spacial score (nSPS) is 26.1. The number of benzene rings is 1. The molecule has 2 N–H and O–H groups in total. The van der Waals surface area contributed by atoms with Crippen molar-refractivity contribution in [1.29, 1.82) is 0 Å². The van der Waals surface area contributed by atoms with Crippen LogP contribution < -0.4 is 5.73 Å². The molecule has 19 heavy (non-hydrogen) atoms. The number of nitrogen functional groups attached to an aromatic ring is 1. The number of imide groups is 1. The van der Waals surface area contributed by atoms with E-state index in [0.717, 1.165) is 19.3 Å². The van der Waals surface area contributed by atoms with Crippen molar-refractivity contribution in [2.24, 2.45) is 11.8 Å². The minimum Gasteiger partial charge on any atom is -0.398 e. The van der Waals surface area contributed by atoms with E-state index in [2.05, 4.69) is 0 Å². The Hall–Kier alpha value is -1.91. The summed E-state index contributed by atoms with van der Waals surface area (Å²) in [5, 5.41) is 0. The first kappa shape index (κ1) is 12.1. The van der Waals surface area contributed by atoms with E-state index in [4.69, 9.17) is 5.73 Å². The van der Waals surface area contributed by atoms with Crippen LogP contribution in [0.15, 0.2) is 18.2 Å². The molecule has 0 aromatic heterocycles. The van der Waals surface area contributed by atoms with Gasteiger partial charge in [0.25, 0.3) is 0 Å². The molecule has 2 fully saturated rings. The second kappa shape index (κ2) is 4.33. The maximum atomic E-state index is 13.2. The number of likely N-dealkylation sites (tertiary alicyclic amines) is 1. The first-order chi connectivity index (χ1) is 9.08. The first-order valence-electron chi connectivity index (χ1n) is 6.47. The number of carbonyl (C=O) groups excluding carboxylic acids is 2. The quantitative estimate of drug-likeness (QED) is 0.651. The predicted molar refractivity (Wildman–Crippen MR) is 67.2 cm³/mol. The Morgan fingerprint density at radius 3 is 2.47 bits per heavy atom. The summed E-state index contributed by atoms with van der Waals surface area (Å²) < 4.78 is 13.2. The fourth-order valence-corrected chi connectivity index (χ4v) is 3.10. The zero-order valence-electron chi connectivity index (χ0n) is 10.4. The Bertz CT molecular complexity index is 536. The number of hydrogen-bond donors (Lipinski definition) is 1. The van der Waals surface area contributed by atoms with Gasteiger partial charge in [0.15, 0.2) is 0 Å². The molecule has 1 aromatic carbocycles. The van der Waals surface area contributed by atoms with Crippen molar-refractivity contribution in [3.63, 3.8) is 0 Å². The topological polar surface area (TPSA) is 63.4 Å². The second-order valence-corrected chi connectivity index (χ2v) is 5.25. The zero-order chi connectivity index (χ0) is 13.6. The molecule has 2 unspecified atom stereocenters. The molecule has 100 valence electrons. The molecule has 1 saturated carbocycles. The summed E-state index contributed by atoms with van der Waals surface area (Å²) >= 11 is 0. The molecule has 1 saturated heterocycles. The van der Waals surface area contributed by atoms with Crippen LogP contribution >= 0.6 is 0 Å². The summed E-state index contributed by atoms with van der Waals surface area (Å²) in [6.45, 7) is 0.0776. The highest BCUT2D eigenvalue weighted by atomic mass is 19.1. The Kier molecular flexibility index (Phi) is 2.77. The Balaban J connectivity index is 1.86. The van der Waals surface area contributed by atoms with Crippen molar-refractivity contribution in [3.8, 4) is 0 Å². The molecule has 2 atom stereocenters. The molecule has 1 aliphatic heterocycles. The van der Waals surface area contributed by atoms with Crippen molar-refractivity contribution in [2.45, 2.75) is 25.8 Å². The summed E-state index contributed by atoms with van der Waals surface area (Å²) in [5.41, 5.74) is 6.65. The molecule has 1 aromatic rings.